The Labute approximate surface area is 376 Å². The second-order valence-electron chi connectivity index (χ2n) is 16.5. The van der Waals surface area contributed by atoms with Crippen LogP contribution in [0.1, 0.15) is 77.1 Å². The van der Waals surface area contributed by atoms with Gasteiger partial charge in [0, 0.05) is 72.9 Å². The molecule has 4 amide bonds. The van der Waals surface area contributed by atoms with Crippen LogP contribution in [0.4, 0.5) is 38.9 Å². The molecule has 64 heavy (non-hydrogen) atoms. The van der Waals surface area contributed by atoms with Gasteiger partial charge in [-0.05, 0) is 130 Å². The van der Waals surface area contributed by atoms with Crippen molar-refractivity contribution in [2.75, 3.05) is 60.1 Å². The van der Waals surface area contributed by atoms with E-state index in [1.165, 1.54) is 5.69 Å². The normalized spacial score (nSPS) is 19.1. The van der Waals surface area contributed by atoms with Gasteiger partial charge in [-0.25, -0.2) is 9.37 Å². The largest absolute Gasteiger partial charge is 0.369 e. The van der Waals surface area contributed by atoms with Crippen LogP contribution in [0.5, 0.6) is 0 Å². The molecule has 16 heteroatoms. The first kappa shape index (κ1) is 44.2. The maximum absolute atomic E-state index is 14.7. The highest BCUT2D eigenvalue weighted by Crippen LogP contribution is 2.28. The summed E-state index contributed by atoms with van der Waals surface area (Å²) >= 11 is 6.16. The fourth-order valence-corrected chi connectivity index (χ4v) is 8.61. The number of piperazine rings is 1. The molecule has 0 bridgehead atoms. The second kappa shape index (κ2) is 20.8. The number of aromatic nitrogens is 2. The van der Waals surface area contributed by atoms with E-state index in [9.17, 15) is 23.6 Å². The lowest BCUT2D eigenvalue weighted by molar-refractivity contribution is -0.134. The zero-order valence-electron chi connectivity index (χ0n) is 35.4. The van der Waals surface area contributed by atoms with Gasteiger partial charge in [0.05, 0.1) is 22.8 Å². The average molecular weight is 887 g/mol. The van der Waals surface area contributed by atoms with E-state index >= 15 is 0 Å². The van der Waals surface area contributed by atoms with Gasteiger partial charge in [-0.3, -0.25) is 29.4 Å². The number of rotatable bonds is 15. The molecule has 3 fully saturated rings. The predicted molar refractivity (Wildman–Crippen MR) is 247 cm³/mol. The first-order chi connectivity index (χ1) is 31.1. The fraction of sp³-hybridized carbons (Fsp3) is 0.333. The molecule has 0 radical (unpaired) electrons. The molecule has 1 aliphatic carbocycles. The molecule has 1 unspecified atom stereocenters. The van der Waals surface area contributed by atoms with Crippen LogP contribution in [0.25, 0.3) is 0 Å². The number of carbonyl (C=O) groups is 4. The van der Waals surface area contributed by atoms with Gasteiger partial charge in [0.1, 0.15) is 0 Å². The quantitative estimate of drug-likeness (QED) is 0.0458. The Bertz CT molecular complexity index is 2420. The standard InChI is InChI=1S/C48H52ClFN10O4/c49-40-4-1-2-5-42(40)56-46(63)33-6-12-35(13-7-33)53-44-41(50)30-52-48(58-44)55-37-14-8-32(9-15-37)45(62)54-36-18-16-34(17-19-36)51-24-3-25-59-26-28-60(29-27-59)38-20-10-31(11-21-38)39-22-23-43(61)57-47(39)64/h1-2,4-15,20-21,30,34,36,39,51H,3,16-19,22-29H2,(H,54,62)(H,56,63)(H,57,61,64)(H2,52,53,55,58). The topological polar surface area (TPSA) is 173 Å². The number of piperidine rings is 1. The van der Waals surface area contributed by atoms with Crippen LogP contribution in [0.15, 0.2) is 103 Å². The number of benzene rings is 4. The number of hydrogen-bond acceptors (Lipinski definition) is 11. The number of amides is 4. The van der Waals surface area contributed by atoms with Crippen molar-refractivity contribution in [1.29, 1.82) is 0 Å². The van der Waals surface area contributed by atoms with E-state index in [1.807, 2.05) is 12.1 Å². The Morgan fingerprint density at radius 2 is 1.42 bits per heavy atom. The number of carbonyl (C=O) groups excluding carboxylic acids is 4. The molecule has 8 rings (SSSR count). The third-order valence-corrected chi connectivity index (χ3v) is 12.4. The minimum absolute atomic E-state index is 0.0485. The highest BCUT2D eigenvalue weighted by molar-refractivity contribution is 6.33. The summed E-state index contributed by atoms with van der Waals surface area (Å²) < 4.78 is 14.7. The zero-order valence-corrected chi connectivity index (χ0v) is 36.2. The molecule has 3 heterocycles. The molecule has 332 valence electrons. The van der Waals surface area contributed by atoms with Crippen molar-refractivity contribution >= 4 is 69.7 Å². The number of nitrogens with zero attached hydrogens (tertiary/aromatic N) is 4. The lowest BCUT2D eigenvalue weighted by Crippen LogP contribution is -2.47. The minimum Gasteiger partial charge on any atom is -0.369 e. The number of halogens is 2. The Hall–Kier alpha value is -6.42. The first-order valence-corrected chi connectivity index (χ1v) is 22.3. The lowest BCUT2D eigenvalue weighted by atomic mass is 9.90. The van der Waals surface area contributed by atoms with E-state index in [2.05, 4.69) is 63.8 Å². The van der Waals surface area contributed by atoms with Gasteiger partial charge in [-0.1, -0.05) is 35.9 Å². The third-order valence-electron chi connectivity index (χ3n) is 12.1. The Morgan fingerprint density at radius 3 is 2.11 bits per heavy atom. The zero-order chi connectivity index (χ0) is 44.4. The van der Waals surface area contributed by atoms with Gasteiger partial charge >= 0.3 is 0 Å². The van der Waals surface area contributed by atoms with Crippen LogP contribution in [-0.4, -0.2) is 89.8 Å². The Balaban J connectivity index is 0.711. The molecule has 4 aromatic carbocycles. The number of nitrogens with one attached hydrogen (secondary N) is 6. The van der Waals surface area contributed by atoms with Gasteiger partial charge in [0.2, 0.25) is 17.8 Å². The molecule has 1 aromatic heterocycles. The monoisotopic (exact) mass is 886 g/mol. The van der Waals surface area contributed by atoms with Crippen LogP contribution in [0, 0.1) is 5.82 Å². The van der Waals surface area contributed by atoms with E-state index in [0.717, 1.165) is 83.1 Å². The van der Waals surface area contributed by atoms with Crippen LogP contribution in [0.2, 0.25) is 5.02 Å². The number of anilines is 6. The van der Waals surface area contributed by atoms with Crippen molar-refractivity contribution in [2.24, 2.45) is 0 Å². The highest BCUT2D eigenvalue weighted by Gasteiger charge is 2.28. The van der Waals surface area contributed by atoms with Gasteiger partial charge in [-0.15, -0.1) is 0 Å². The van der Waals surface area contributed by atoms with Gasteiger partial charge in [0.25, 0.3) is 11.8 Å². The fourth-order valence-electron chi connectivity index (χ4n) is 8.43. The molecule has 5 aromatic rings. The third kappa shape index (κ3) is 11.6. The van der Waals surface area contributed by atoms with E-state index in [1.54, 1.807) is 72.8 Å². The molecule has 2 aliphatic heterocycles. The van der Waals surface area contributed by atoms with Crippen molar-refractivity contribution in [3.05, 3.63) is 131 Å². The number of imide groups is 1. The van der Waals surface area contributed by atoms with Gasteiger partial charge in [-0.2, -0.15) is 4.98 Å². The molecule has 2 saturated heterocycles. The van der Waals surface area contributed by atoms with Crippen molar-refractivity contribution in [1.82, 2.24) is 30.8 Å². The summed E-state index contributed by atoms with van der Waals surface area (Å²) in [5, 5.41) is 18.6. The van der Waals surface area contributed by atoms with Crippen LogP contribution < -0.4 is 36.8 Å². The predicted octanol–water partition coefficient (Wildman–Crippen LogP) is 7.37. The minimum atomic E-state index is -0.652. The molecule has 1 saturated carbocycles. The summed E-state index contributed by atoms with van der Waals surface area (Å²) in [5.41, 5.74) is 4.72. The molecular formula is C48H52ClFN10O4. The van der Waals surface area contributed by atoms with Crippen LogP contribution >= 0.6 is 11.6 Å². The molecular weight excluding hydrogens is 835 g/mol. The SMILES string of the molecule is O=C1CCC(c2ccc(N3CCN(CCCNC4CCC(NC(=O)c5ccc(Nc6ncc(F)c(Nc7ccc(C(=O)Nc8ccccc8Cl)cc7)n6)cc5)CC4)CC3)cc2)C(=O)N1. The summed E-state index contributed by atoms with van der Waals surface area (Å²) in [6.45, 7) is 5.95. The average Bonchev–Trinajstić information content (AvgIpc) is 3.31. The van der Waals surface area contributed by atoms with Gasteiger partial charge < -0.3 is 31.5 Å². The molecule has 0 spiro atoms. The number of para-hydroxylation sites is 1. The maximum atomic E-state index is 14.7. The lowest BCUT2D eigenvalue weighted by Gasteiger charge is -2.36. The molecule has 14 nitrogen and oxygen atoms in total. The number of hydrogen-bond donors (Lipinski definition) is 6. The van der Waals surface area contributed by atoms with E-state index in [0.29, 0.717) is 52.1 Å². The van der Waals surface area contributed by atoms with E-state index in [-0.39, 0.29) is 47.4 Å². The second-order valence-corrected chi connectivity index (χ2v) is 16.9. The highest BCUT2D eigenvalue weighted by atomic mass is 35.5. The molecule has 6 N–H and O–H groups in total. The van der Waals surface area contributed by atoms with Crippen molar-refractivity contribution in [3.8, 4) is 0 Å². The Morgan fingerprint density at radius 1 is 0.766 bits per heavy atom. The van der Waals surface area contributed by atoms with Crippen molar-refractivity contribution in [2.45, 2.75) is 62.9 Å². The van der Waals surface area contributed by atoms with Crippen molar-refractivity contribution in [3.63, 3.8) is 0 Å². The van der Waals surface area contributed by atoms with Crippen LogP contribution in [0.3, 0.4) is 0 Å². The summed E-state index contributed by atoms with van der Waals surface area (Å²) in [6.07, 6.45) is 6.95. The first-order valence-electron chi connectivity index (χ1n) is 21.9. The van der Waals surface area contributed by atoms with Crippen LogP contribution in [-0.2, 0) is 9.59 Å². The van der Waals surface area contributed by atoms with Crippen molar-refractivity contribution < 1.29 is 23.6 Å². The summed E-state index contributed by atoms with van der Waals surface area (Å²) in [4.78, 5) is 62.9. The summed E-state index contributed by atoms with van der Waals surface area (Å²) in [5.74, 6) is -1.64. The maximum Gasteiger partial charge on any atom is 0.255 e. The molecule has 3 aliphatic rings. The summed E-state index contributed by atoms with van der Waals surface area (Å²) in [7, 11) is 0. The summed E-state index contributed by atoms with van der Waals surface area (Å²) in [6, 6.07) is 29.3. The van der Waals surface area contributed by atoms with E-state index in [4.69, 9.17) is 11.6 Å². The molecule has 1 atom stereocenters. The smallest absolute Gasteiger partial charge is 0.255 e. The van der Waals surface area contributed by atoms with E-state index < -0.39 is 5.82 Å². The van der Waals surface area contributed by atoms with Gasteiger partial charge in [0.15, 0.2) is 11.6 Å². The Kier molecular flexibility index (Phi) is 14.4.